The molecule has 2 N–H and O–H groups in total. The van der Waals surface area contributed by atoms with Crippen molar-refractivity contribution in [3.05, 3.63) is 40.4 Å². The summed E-state index contributed by atoms with van der Waals surface area (Å²) in [5, 5.41) is 25.7. The number of nitrogens with zero attached hydrogens (tertiary/aromatic N) is 2. The summed E-state index contributed by atoms with van der Waals surface area (Å²) < 4.78 is 0. The second-order valence-corrected chi connectivity index (χ2v) is 2.89. The second-order valence-electron chi connectivity index (χ2n) is 2.89. The van der Waals surface area contributed by atoms with Gasteiger partial charge < -0.3 is 5.11 Å². The number of aromatic amines is 1. The van der Waals surface area contributed by atoms with Gasteiger partial charge in [0.2, 0.25) is 0 Å². The van der Waals surface area contributed by atoms with E-state index in [-0.39, 0.29) is 5.69 Å². The highest BCUT2D eigenvalue weighted by molar-refractivity contribution is 5.72. The van der Waals surface area contributed by atoms with Crippen LogP contribution < -0.4 is 0 Å². The number of hydrogen-bond donors (Lipinski definition) is 2. The van der Waals surface area contributed by atoms with Gasteiger partial charge in [-0.2, -0.15) is 5.10 Å². The molecule has 0 fully saturated rings. The van der Waals surface area contributed by atoms with Crippen molar-refractivity contribution in [1.29, 1.82) is 0 Å². The average molecular weight is 205 g/mol. The van der Waals surface area contributed by atoms with Gasteiger partial charge in [-0.25, -0.2) is 5.10 Å². The Morgan fingerprint density at radius 3 is 2.60 bits per heavy atom. The Labute approximate surface area is 84.3 Å². The number of H-pyrrole nitrogens is 1. The van der Waals surface area contributed by atoms with E-state index in [1.807, 2.05) is 0 Å². The minimum atomic E-state index is -0.666. The molecule has 0 unspecified atom stereocenters. The lowest BCUT2D eigenvalue weighted by atomic mass is 10.1. The zero-order valence-electron chi connectivity index (χ0n) is 7.54. The first-order valence-corrected chi connectivity index (χ1v) is 4.17. The van der Waals surface area contributed by atoms with Gasteiger partial charge >= 0.3 is 5.69 Å². The summed E-state index contributed by atoms with van der Waals surface area (Å²) >= 11 is 0. The molecule has 2 aromatic rings. The maximum absolute atomic E-state index is 10.7. The molecule has 1 heterocycles. The molecule has 0 atom stereocenters. The summed E-state index contributed by atoms with van der Waals surface area (Å²) in [5.74, 6) is -0.529. The number of aromatic nitrogens is 2. The Morgan fingerprint density at radius 2 is 2.00 bits per heavy atom. The quantitative estimate of drug-likeness (QED) is 0.576. The van der Waals surface area contributed by atoms with Crippen LogP contribution in [-0.2, 0) is 0 Å². The van der Waals surface area contributed by atoms with Gasteiger partial charge in [0, 0.05) is 5.56 Å². The predicted molar refractivity (Wildman–Crippen MR) is 52.3 cm³/mol. The fraction of sp³-hybridized carbons (Fsp3) is 0. The Morgan fingerprint density at radius 1 is 1.33 bits per heavy atom. The van der Waals surface area contributed by atoms with Crippen LogP contribution in [0.5, 0.6) is 5.88 Å². The number of nitrogens with one attached hydrogen (secondary N) is 1. The Kier molecular flexibility index (Phi) is 2.09. The van der Waals surface area contributed by atoms with Crippen LogP contribution >= 0.6 is 0 Å². The van der Waals surface area contributed by atoms with Crippen molar-refractivity contribution >= 4 is 5.69 Å². The second kappa shape index (κ2) is 3.41. The number of benzene rings is 1. The van der Waals surface area contributed by atoms with Crippen LogP contribution in [0.2, 0.25) is 0 Å². The van der Waals surface area contributed by atoms with Crippen LogP contribution in [-0.4, -0.2) is 20.2 Å². The molecule has 6 heteroatoms. The number of rotatable bonds is 2. The van der Waals surface area contributed by atoms with E-state index in [4.69, 9.17) is 0 Å². The largest absolute Gasteiger partial charge is 0.489 e. The Balaban J connectivity index is 2.59. The van der Waals surface area contributed by atoms with E-state index >= 15 is 0 Å². The first-order valence-electron chi connectivity index (χ1n) is 4.17. The lowest BCUT2D eigenvalue weighted by Crippen LogP contribution is -1.89. The van der Waals surface area contributed by atoms with Crippen molar-refractivity contribution in [1.82, 2.24) is 10.2 Å². The monoisotopic (exact) mass is 205 g/mol. The minimum absolute atomic E-state index is 0.137. The smallest absolute Gasteiger partial charge is 0.357 e. The molecule has 0 radical (unpaired) electrons. The van der Waals surface area contributed by atoms with Gasteiger partial charge in [0.15, 0.2) is 5.69 Å². The molecular weight excluding hydrogens is 198 g/mol. The molecule has 1 aromatic carbocycles. The van der Waals surface area contributed by atoms with Crippen molar-refractivity contribution in [2.24, 2.45) is 0 Å². The van der Waals surface area contributed by atoms with Crippen LogP contribution in [0.4, 0.5) is 5.69 Å². The van der Waals surface area contributed by atoms with E-state index in [1.54, 1.807) is 30.3 Å². The minimum Gasteiger partial charge on any atom is -0.489 e. The van der Waals surface area contributed by atoms with E-state index in [1.165, 1.54) is 0 Å². The molecule has 0 spiro atoms. The zero-order valence-corrected chi connectivity index (χ0v) is 7.54. The van der Waals surface area contributed by atoms with E-state index in [0.29, 0.717) is 5.56 Å². The van der Waals surface area contributed by atoms with Gasteiger partial charge in [-0.3, -0.25) is 10.1 Å². The summed E-state index contributed by atoms with van der Waals surface area (Å²) in [6.07, 6.45) is 0. The zero-order chi connectivity index (χ0) is 10.8. The highest BCUT2D eigenvalue weighted by atomic mass is 16.6. The summed E-state index contributed by atoms with van der Waals surface area (Å²) in [6.45, 7) is 0. The van der Waals surface area contributed by atoms with E-state index in [2.05, 4.69) is 10.2 Å². The third-order valence-electron chi connectivity index (χ3n) is 1.95. The molecular formula is C9H7N3O3. The van der Waals surface area contributed by atoms with Gasteiger partial charge in [-0.15, -0.1) is 0 Å². The molecule has 0 aliphatic rings. The van der Waals surface area contributed by atoms with Crippen molar-refractivity contribution in [2.75, 3.05) is 0 Å². The molecule has 2 rings (SSSR count). The van der Waals surface area contributed by atoms with Crippen molar-refractivity contribution in [2.45, 2.75) is 0 Å². The van der Waals surface area contributed by atoms with Gasteiger partial charge in [0.05, 0.1) is 4.92 Å². The fourth-order valence-electron chi connectivity index (χ4n) is 1.30. The normalized spacial score (nSPS) is 10.1. The maximum atomic E-state index is 10.7. The molecule has 1 aromatic heterocycles. The molecule has 0 aliphatic carbocycles. The SMILES string of the molecule is O=[N+]([O-])c1c(-c2ccccc2)n[nH]c1O. The third-order valence-corrected chi connectivity index (χ3v) is 1.95. The van der Waals surface area contributed by atoms with Crippen LogP contribution in [0, 0.1) is 10.1 Å². The van der Waals surface area contributed by atoms with Crippen LogP contribution in [0.1, 0.15) is 0 Å². The van der Waals surface area contributed by atoms with E-state index in [9.17, 15) is 15.2 Å². The molecule has 0 saturated heterocycles. The summed E-state index contributed by atoms with van der Waals surface area (Å²) in [7, 11) is 0. The molecule has 0 saturated carbocycles. The maximum Gasteiger partial charge on any atom is 0.357 e. The highest BCUT2D eigenvalue weighted by Gasteiger charge is 2.24. The lowest BCUT2D eigenvalue weighted by molar-refractivity contribution is -0.385. The summed E-state index contributed by atoms with van der Waals surface area (Å²) in [6, 6.07) is 8.64. The molecule has 0 aliphatic heterocycles. The summed E-state index contributed by atoms with van der Waals surface area (Å²) in [5.41, 5.74) is 0.319. The number of aromatic hydroxyl groups is 1. The molecule has 6 nitrogen and oxygen atoms in total. The number of nitro groups is 1. The van der Waals surface area contributed by atoms with Crippen LogP contribution in [0.15, 0.2) is 30.3 Å². The lowest BCUT2D eigenvalue weighted by Gasteiger charge is -1.94. The van der Waals surface area contributed by atoms with E-state index < -0.39 is 16.5 Å². The van der Waals surface area contributed by atoms with Gasteiger partial charge in [0.25, 0.3) is 5.88 Å². The highest BCUT2D eigenvalue weighted by Crippen LogP contribution is 2.33. The predicted octanol–water partition coefficient (Wildman–Crippen LogP) is 1.69. The Hall–Kier alpha value is -2.37. The Bertz CT molecular complexity index is 493. The third kappa shape index (κ3) is 1.52. The first kappa shape index (κ1) is 9.20. The molecule has 0 bridgehead atoms. The number of hydrogen-bond acceptors (Lipinski definition) is 4. The summed E-state index contributed by atoms with van der Waals surface area (Å²) in [4.78, 5) is 10.00. The van der Waals surface area contributed by atoms with Crippen molar-refractivity contribution in [3.8, 4) is 17.1 Å². The standard InChI is InChI=1S/C9H7N3O3/c13-9-8(12(14)15)7(10-11-9)6-4-2-1-3-5-6/h1-5H,(H2,10,11,13). The van der Waals surface area contributed by atoms with Gasteiger partial charge in [-0.05, 0) is 0 Å². The van der Waals surface area contributed by atoms with Crippen LogP contribution in [0.25, 0.3) is 11.3 Å². The fourth-order valence-corrected chi connectivity index (χ4v) is 1.30. The molecule has 0 amide bonds. The van der Waals surface area contributed by atoms with Gasteiger partial charge in [-0.1, -0.05) is 30.3 Å². The first-order chi connectivity index (χ1) is 7.20. The van der Waals surface area contributed by atoms with Crippen molar-refractivity contribution in [3.63, 3.8) is 0 Å². The van der Waals surface area contributed by atoms with Crippen molar-refractivity contribution < 1.29 is 10.0 Å². The molecule has 15 heavy (non-hydrogen) atoms. The van der Waals surface area contributed by atoms with Gasteiger partial charge in [0.1, 0.15) is 0 Å². The average Bonchev–Trinajstić information content (AvgIpc) is 2.61. The van der Waals surface area contributed by atoms with Crippen LogP contribution in [0.3, 0.4) is 0 Å². The topological polar surface area (TPSA) is 92.0 Å². The molecule has 76 valence electrons. The van der Waals surface area contributed by atoms with E-state index in [0.717, 1.165) is 0 Å².